The lowest BCUT2D eigenvalue weighted by Crippen LogP contribution is -2.22. The van der Waals surface area contributed by atoms with E-state index < -0.39 is 11.5 Å². The third-order valence-electron chi connectivity index (χ3n) is 1.67. The van der Waals surface area contributed by atoms with Crippen LogP contribution in [0.25, 0.3) is 0 Å². The zero-order valence-electron chi connectivity index (χ0n) is 8.53. The molecule has 16 heavy (non-hydrogen) atoms. The summed E-state index contributed by atoms with van der Waals surface area (Å²) in [6, 6.07) is 0. The van der Waals surface area contributed by atoms with E-state index in [1.807, 2.05) is 0 Å². The molecule has 8 nitrogen and oxygen atoms in total. The lowest BCUT2D eigenvalue weighted by Gasteiger charge is -2.06. The maximum atomic E-state index is 11.1. The van der Waals surface area contributed by atoms with E-state index in [0.717, 1.165) is 0 Å². The van der Waals surface area contributed by atoms with Crippen molar-refractivity contribution < 1.29 is 9.53 Å². The van der Waals surface area contributed by atoms with Crippen LogP contribution in [-0.4, -0.2) is 35.6 Å². The maximum Gasteiger partial charge on any atom is 0.276 e. The van der Waals surface area contributed by atoms with Crippen molar-refractivity contribution in [2.45, 2.75) is 0 Å². The highest BCUT2D eigenvalue weighted by atomic mass is 16.5. The summed E-state index contributed by atoms with van der Waals surface area (Å²) in [6.07, 6.45) is 1.24. The predicted molar refractivity (Wildman–Crippen MR) is 57.8 cm³/mol. The number of nitrogens with two attached hydrogens (primary N) is 2. The molecule has 0 aromatic carbocycles. The highest BCUT2D eigenvalue weighted by Crippen LogP contribution is 2.05. The van der Waals surface area contributed by atoms with E-state index in [4.69, 9.17) is 16.2 Å². The molecular weight excluding hydrogens is 214 g/mol. The summed E-state index contributed by atoms with van der Waals surface area (Å²) >= 11 is 0. The first-order valence-electron chi connectivity index (χ1n) is 4.54. The molecule has 1 aromatic rings. The number of carbonyl (C=O) groups excluding carboxylic acids is 1. The molecule has 0 aliphatic carbocycles. The highest BCUT2D eigenvalue weighted by molar-refractivity contribution is 5.74. The first kappa shape index (κ1) is 12.0. The summed E-state index contributed by atoms with van der Waals surface area (Å²) in [4.78, 5) is 27.6. The van der Waals surface area contributed by atoms with Gasteiger partial charge in [-0.2, -0.15) is 0 Å². The highest BCUT2D eigenvalue weighted by Gasteiger charge is 2.02. The van der Waals surface area contributed by atoms with Crippen molar-refractivity contribution >= 4 is 17.4 Å². The van der Waals surface area contributed by atoms with Gasteiger partial charge >= 0.3 is 0 Å². The molecule has 0 saturated heterocycles. The van der Waals surface area contributed by atoms with Crippen molar-refractivity contribution in [3.63, 3.8) is 0 Å². The lowest BCUT2D eigenvalue weighted by atomic mass is 10.4. The molecule has 0 aliphatic heterocycles. The molecule has 0 fully saturated rings. The Morgan fingerprint density at radius 3 is 3.06 bits per heavy atom. The van der Waals surface area contributed by atoms with Crippen LogP contribution in [0.15, 0.2) is 11.1 Å². The number of primary amides is 1. The van der Waals surface area contributed by atoms with E-state index >= 15 is 0 Å². The average Bonchev–Trinajstić information content (AvgIpc) is 2.23. The Labute approximate surface area is 91.0 Å². The number of hydrogen-bond donors (Lipinski definition) is 4. The Kier molecular flexibility index (Phi) is 4.28. The second-order valence-electron chi connectivity index (χ2n) is 2.94. The smallest absolute Gasteiger partial charge is 0.276 e. The van der Waals surface area contributed by atoms with Gasteiger partial charge in [-0.05, 0) is 0 Å². The lowest BCUT2D eigenvalue weighted by molar-refractivity contribution is -0.122. The van der Waals surface area contributed by atoms with Gasteiger partial charge < -0.3 is 26.5 Å². The number of amides is 1. The number of nitrogen functional groups attached to an aromatic ring is 1. The SMILES string of the molecule is NC(=O)COCCNc1nc[nH]c(=O)c1N. The first-order valence-corrected chi connectivity index (χ1v) is 4.54. The van der Waals surface area contributed by atoms with Crippen molar-refractivity contribution in [3.8, 4) is 0 Å². The Morgan fingerprint density at radius 1 is 1.62 bits per heavy atom. The standard InChI is InChI=1S/C8H13N5O3/c9-5(14)3-16-2-1-11-7-6(10)8(15)13-4-12-7/h4H,1-3,10H2,(H2,9,14)(H2,11,12,13,15). The second-order valence-corrected chi connectivity index (χ2v) is 2.94. The molecule has 0 unspecified atom stereocenters. The van der Waals surface area contributed by atoms with Gasteiger partial charge in [0.15, 0.2) is 5.82 Å². The molecule has 0 aliphatic rings. The van der Waals surface area contributed by atoms with Crippen LogP contribution < -0.4 is 22.3 Å². The summed E-state index contributed by atoms with van der Waals surface area (Å²) in [7, 11) is 0. The van der Waals surface area contributed by atoms with Crippen molar-refractivity contribution in [2.24, 2.45) is 5.73 Å². The van der Waals surface area contributed by atoms with Gasteiger partial charge in [0.1, 0.15) is 12.3 Å². The largest absolute Gasteiger partial charge is 0.391 e. The third kappa shape index (κ3) is 3.58. The van der Waals surface area contributed by atoms with E-state index in [0.29, 0.717) is 6.54 Å². The fourth-order valence-corrected chi connectivity index (χ4v) is 0.966. The van der Waals surface area contributed by atoms with Gasteiger partial charge in [0, 0.05) is 6.54 Å². The molecule has 0 bridgehead atoms. The van der Waals surface area contributed by atoms with E-state index in [1.54, 1.807) is 0 Å². The molecule has 1 aromatic heterocycles. The van der Waals surface area contributed by atoms with Crippen molar-refractivity contribution in [2.75, 3.05) is 30.8 Å². The number of rotatable bonds is 6. The summed E-state index contributed by atoms with van der Waals surface area (Å²) in [5, 5.41) is 2.79. The number of carbonyl (C=O) groups is 1. The fraction of sp³-hybridized carbons (Fsp3) is 0.375. The fourth-order valence-electron chi connectivity index (χ4n) is 0.966. The molecule has 0 saturated carbocycles. The minimum atomic E-state index is -0.534. The topological polar surface area (TPSA) is 136 Å². The minimum Gasteiger partial charge on any atom is -0.391 e. The van der Waals surface area contributed by atoms with Crippen LogP contribution in [0.3, 0.4) is 0 Å². The summed E-state index contributed by atoms with van der Waals surface area (Å²) in [6.45, 7) is 0.491. The van der Waals surface area contributed by atoms with Gasteiger partial charge in [0.25, 0.3) is 5.56 Å². The van der Waals surface area contributed by atoms with Crippen LogP contribution in [0.5, 0.6) is 0 Å². The summed E-state index contributed by atoms with van der Waals surface area (Å²) in [5.41, 5.74) is 9.93. The van der Waals surface area contributed by atoms with Crippen LogP contribution in [0, 0.1) is 0 Å². The van der Waals surface area contributed by atoms with E-state index in [2.05, 4.69) is 15.3 Å². The number of H-pyrrole nitrogens is 1. The Balaban J connectivity index is 2.35. The molecule has 6 N–H and O–H groups in total. The quantitative estimate of drug-likeness (QED) is 0.426. The van der Waals surface area contributed by atoms with Gasteiger partial charge in [-0.15, -0.1) is 0 Å². The van der Waals surface area contributed by atoms with Crippen LogP contribution in [0.4, 0.5) is 11.5 Å². The molecular formula is C8H13N5O3. The van der Waals surface area contributed by atoms with Crippen LogP contribution in [0.2, 0.25) is 0 Å². The second kappa shape index (κ2) is 5.71. The number of ether oxygens (including phenoxy) is 1. The Bertz CT molecular complexity index is 416. The molecule has 1 heterocycles. The van der Waals surface area contributed by atoms with Crippen molar-refractivity contribution in [1.29, 1.82) is 0 Å². The number of anilines is 2. The molecule has 0 atom stereocenters. The average molecular weight is 227 g/mol. The van der Waals surface area contributed by atoms with Crippen LogP contribution in [-0.2, 0) is 9.53 Å². The van der Waals surface area contributed by atoms with Gasteiger partial charge in [0.05, 0.1) is 12.9 Å². The first-order chi connectivity index (χ1) is 7.61. The minimum absolute atomic E-state index is 0.0115. The molecule has 0 spiro atoms. The zero-order valence-corrected chi connectivity index (χ0v) is 8.53. The zero-order chi connectivity index (χ0) is 12.0. The maximum absolute atomic E-state index is 11.1. The normalized spacial score (nSPS) is 10.0. The third-order valence-corrected chi connectivity index (χ3v) is 1.67. The number of hydrogen-bond acceptors (Lipinski definition) is 6. The number of nitrogens with zero attached hydrogens (tertiary/aromatic N) is 1. The van der Waals surface area contributed by atoms with E-state index in [1.165, 1.54) is 6.33 Å². The van der Waals surface area contributed by atoms with Gasteiger partial charge in [-0.3, -0.25) is 9.59 Å². The molecule has 8 heteroatoms. The van der Waals surface area contributed by atoms with Gasteiger partial charge in [-0.1, -0.05) is 0 Å². The monoisotopic (exact) mass is 227 g/mol. The molecule has 1 rings (SSSR count). The van der Waals surface area contributed by atoms with Crippen LogP contribution >= 0.6 is 0 Å². The molecule has 0 radical (unpaired) electrons. The summed E-state index contributed by atoms with van der Waals surface area (Å²) < 4.78 is 4.90. The predicted octanol–water partition coefficient (Wildman–Crippen LogP) is -1.73. The Morgan fingerprint density at radius 2 is 2.38 bits per heavy atom. The van der Waals surface area contributed by atoms with Crippen molar-refractivity contribution in [1.82, 2.24) is 9.97 Å². The van der Waals surface area contributed by atoms with E-state index in [-0.39, 0.29) is 24.7 Å². The van der Waals surface area contributed by atoms with E-state index in [9.17, 15) is 9.59 Å². The van der Waals surface area contributed by atoms with Gasteiger partial charge in [-0.25, -0.2) is 4.98 Å². The molecule has 88 valence electrons. The van der Waals surface area contributed by atoms with Gasteiger partial charge in [0.2, 0.25) is 5.91 Å². The van der Waals surface area contributed by atoms with Crippen LogP contribution in [0.1, 0.15) is 0 Å². The summed E-state index contributed by atoms with van der Waals surface area (Å²) in [5.74, 6) is -0.250. The number of aromatic nitrogens is 2. The van der Waals surface area contributed by atoms with Crippen molar-refractivity contribution in [3.05, 3.63) is 16.7 Å². The number of aromatic amines is 1. The molecule has 1 amide bonds. The number of nitrogens with one attached hydrogen (secondary N) is 2. The Hall–Kier alpha value is -2.09.